The van der Waals surface area contributed by atoms with E-state index in [0.717, 1.165) is 22.4 Å². The molecule has 0 unspecified atom stereocenters. The van der Waals surface area contributed by atoms with Crippen molar-refractivity contribution in [3.05, 3.63) is 89.2 Å². The first-order chi connectivity index (χ1) is 18.8. The molecule has 3 aromatic rings. The number of carbonyl (C=O) groups excluding carboxylic acids is 2. The van der Waals surface area contributed by atoms with Gasteiger partial charge in [-0.15, -0.1) is 0 Å². The molecule has 0 saturated carbocycles. The lowest BCUT2D eigenvalue weighted by Gasteiger charge is -2.23. The van der Waals surface area contributed by atoms with Gasteiger partial charge in [-0.1, -0.05) is 53.7 Å². The van der Waals surface area contributed by atoms with E-state index >= 15 is 0 Å². The number of aliphatic imine (C=N–C) groups is 1. The number of hydrazone groups is 1. The summed E-state index contributed by atoms with van der Waals surface area (Å²) in [6.07, 6.45) is 0.499. The van der Waals surface area contributed by atoms with Gasteiger partial charge in [0.15, 0.2) is 5.17 Å². The van der Waals surface area contributed by atoms with Gasteiger partial charge in [0.25, 0.3) is 5.91 Å². The predicted octanol–water partition coefficient (Wildman–Crippen LogP) is 5.33. The third kappa shape index (κ3) is 5.96. The average Bonchev–Trinajstić information content (AvgIpc) is 3.53. The lowest BCUT2D eigenvalue weighted by atomic mass is 9.98. The molecule has 2 amide bonds. The van der Waals surface area contributed by atoms with E-state index in [1.165, 1.54) is 38.1 Å². The Labute approximate surface area is 229 Å². The number of nitrogens with one attached hydrogen (secondary N) is 1. The monoisotopic (exact) mass is 546 g/mol. The van der Waals surface area contributed by atoms with Crippen LogP contribution in [0, 0.1) is 12.7 Å². The molecular formula is C29H27FN4O4S. The molecule has 0 bridgehead atoms. The minimum Gasteiger partial charge on any atom is -0.497 e. The Morgan fingerprint density at radius 2 is 1.72 bits per heavy atom. The fourth-order valence-electron chi connectivity index (χ4n) is 4.42. The molecule has 5 rings (SSSR count). The molecule has 0 aliphatic carbocycles. The molecule has 2 heterocycles. The molecule has 2 atom stereocenters. The number of hydrogen-bond donors (Lipinski definition) is 1. The molecule has 0 saturated heterocycles. The van der Waals surface area contributed by atoms with E-state index in [1.54, 1.807) is 35.3 Å². The van der Waals surface area contributed by atoms with Crippen molar-refractivity contribution in [2.24, 2.45) is 10.1 Å². The number of carbonyl (C=O) groups is 2. The number of aryl methyl sites for hydroxylation is 1. The number of anilines is 1. The van der Waals surface area contributed by atoms with Gasteiger partial charge in [-0.25, -0.2) is 9.40 Å². The summed E-state index contributed by atoms with van der Waals surface area (Å²) < 4.78 is 24.0. The van der Waals surface area contributed by atoms with E-state index in [0.29, 0.717) is 28.8 Å². The Kier molecular flexibility index (Phi) is 7.65. The summed E-state index contributed by atoms with van der Waals surface area (Å²) >= 11 is 1.22. The first-order valence-electron chi connectivity index (χ1n) is 12.3. The summed E-state index contributed by atoms with van der Waals surface area (Å²) in [6, 6.07) is 19.2. The van der Waals surface area contributed by atoms with Crippen LogP contribution in [0.2, 0.25) is 0 Å². The second kappa shape index (κ2) is 11.3. The summed E-state index contributed by atoms with van der Waals surface area (Å²) in [7, 11) is 3.05. The maximum atomic E-state index is 13.5. The van der Waals surface area contributed by atoms with Crippen LogP contribution >= 0.6 is 11.8 Å². The van der Waals surface area contributed by atoms with E-state index in [9.17, 15) is 14.0 Å². The quantitative estimate of drug-likeness (QED) is 0.431. The third-order valence-electron chi connectivity index (χ3n) is 6.48. The highest BCUT2D eigenvalue weighted by atomic mass is 32.2. The van der Waals surface area contributed by atoms with Crippen molar-refractivity contribution in [1.29, 1.82) is 0 Å². The molecule has 2 aliphatic heterocycles. The van der Waals surface area contributed by atoms with Gasteiger partial charge in [0.2, 0.25) is 5.91 Å². The number of halogens is 1. The van der Waals surface area contributed by atoms with Crippen LogP contribution in [0.1, 0.15) is 35.6 Å². The van der Waals surface area contributed by atoms with Gasteiger partial charge in [-0.3, -0.25) is 9.59 Å². The largest absolute Gasteiger partial charge is 0.497 e. The van der Waals surface area contributed by atoms with Crippen LogP contribution in [0.5, 0.6) is 11.5 Å². The Hall–Kier alpha value is -4.18. The molecule has 200 valence electrons. The lowest BCUT2D eigenvalue weighted by molar-refractivity contribution is -0.121. The number of amides is 2. The van der Waals surface area contributed by atoms with Gasteiger partial charge in [0, 0.05) is 36.7 Å². The second-order valence-electron chi connectivity index (χ2n) is 9.22. The van der Waals surface area contributed by atoms with Gasteiger partial charge < -0.3 is 14.8 Å². The van der Waals surface area contributed by atoms with E-state index in [2.05, 4.69) is 10.3 Å². The summed E-state index contributed by atoms with van der Waals surface area (Å²) in [4.78, 5) is 30.0. The number of thioether (sulfide) groups is 1. The molecule has 0 spiro atoms. The zero-order chi connectivity index (χ0) is 27.5. The number of methoxy groups -OCH3 is 2. The van der Waals surface area contributed by atoms with Crippen LogP contribution in [0.4, 0.5) is 10.1 Å². The van der Waals surface area contributed by atoms with Crippen molar-refractivity contribution in [1.82, 2.24) is 5.01 Å². The summed E-state index contributed by atoms with van der Waals surface area (Å²) in [5, 5.41) is 9.11. The van der Waals surface area contributed by atoms with Gasteiger partial charge in [-0.05, 0) is 30.2 Å². The van der Waals surface area contributed by atoms with Crippen LogP contribution in [0.25, 0.3) is 0 Å². The van der Waals surface area contributed by atoms with Crippen LogP contribution in [0.15, 0.2) is 76.8 Å². The van der Waals surface area contributed by atoms with Crippen LogP contribution in [-0.2, 0) is 9.59 Å². The number of amidine groups is 1. The molecule has 0 fully saturated rings. The number of rotatable bonds is 7. The van der Waals surface area contributed by atoms with Crippen molar-refractivity contribution in [2.75, 3.05) is 19.5 Å². The fraction of sp³-hybridized carbons (Fsp3) is 0.241. The summed E-state index contributed by atoms with van der Waals surface area (Å²) in [5.41, 5.74) is 4.22. The molecule has 0 aromatic heterocycles. The van der Waals surface area contributed by atoms with E-state index in [1.807, 2.05) is 31.2 Å². The number of nitrogens with zero attached hydrogens (tertiary/aromatic N) is 3. The fourth-order valence-corrected chi connectivity index (χ4v) is 5.48. The zero-order valence-corrected chi connectivity index (χ0v) is 22.5. The maximum absolute atomic E-state index is 13.5. The first kappa shape index (κ1) is 26.4. The Morgan fingerprint density at radius 1 is 1.05 bits per heavy atom. The lowest BCUT2D eigenvalue weighted by Crippen LogP contribution is -2.25. The van der Waals surface area contributed by atoms with Gasteiger partial charge in [0.1, 0.15) is 22.6 Å². The van der Waals surface area contributed by atoms with Crippen molar-refractivity contribution in [3.8, 4) is 11.5 Å². The highest BCUT2D eigenvalue weighted by Crippen LogP contribution is 2.39. The highest BCUT2D eigenvalue weighted by Gasteiger charge is 2.39. The normalized spacial score (nSPS) is 18.6. The molecule has 2 aliphatic rings. The first-order valence-corrected chi connectivity index (χ1v) is 13.2. The predicted molar refractivity (Wildman–Crippen MR) is 150 cm³/mol. The molecule has 0 radical (unpaired) electrons. The SMILES string of the molecule is COc1cc(NC(=O)C[C@H]2SC(N3N=C(c4ccc(F)cc4)C[C@@H]3c3ccc(C)cc3)=NC2=O)cc(OC)c1. The zero-order valence-electron chi connectivity index (χ0n) is 21.7. The number of hydrogen-bond acceptors (Lipinski definition) is 7. The minimum atomic E-state index is -0.684. The number of benzene rings is 3. The van der Waals surface area contributed by atoms with E-state index in [-0.39, 0.29) is 30.1 Å². The average molecular weight is 547 g/mol. The highest BCUT2D eigenvalue weighted by molar-refractivity contribution is 8.15. The van der Waals surface area contributed by atoms with Crippen LogP contribution < -0.4 is 14.8 Å². The maximum Gasteiger partial charge on any atom is 0.262 e. The number of ether oxygens (including phenoxy) is 2. The molecular weight excluding hydrogens is 519 g/mol. The molecule has 10 heteroatoms. The molecule has 3 aromatic carbocycles. The minimum absolute atomic E-state index is 0.0619. The van der Waals surface area contributed by atoms with Crippen molar-refractivity contribution in [3.63, 3.8) is 0 Å². The Balaban J connectivity index is 1.33. The third-order valence-corrected chi connectivity index (χ3v) is 7.62. The molecule has 1 N–H and O–H groups in total. The van der Waals surface area contributed by atoms with Crippen molar-refractivity contribution < 1.29 is 23.5 Å². The molecule has 39 heavy (non-hydrogen) atoms. The smallest absolute Gasteiger partial charge is 0.262 e. The standard InChI is InChI=1S/C29H27FN4O4S/c1-17-4-6-19(7-5-17)25-15-24(18-8-10-20(30)11-9-18)33-34(25)29-32-28(36)26(39-29)16-27(35)31-21-12-22(37-2)14-23(13-21)38-3/h4-14,25-26H,15-16H2,1-3H3,(H,31,35)/t25-,26-/m1/s1. The topological polar surface area (TPSA) is 92.6 Å². The van der Waals surface area contributed by atoms with Gasteiger partial charge in [-0.2, -0.15) is 10.1 Å². The van der Waals surface area contributed by atoms with Gasteiger partial charge in [0.05, 0.1) is 26.0 Å². The summed E-state index contributed by atoms with van der Waals surface area (Å²) in [6.45, 7) is 2.02. The van der Waals surface area contributed by atoms with Crippen LogP contribution in [-0.4, -0.2) is 47.2 Å². The summed E-state index contributed by atoms with van der Waals surface area (Å²) in [5.74, 6) is 0.0281. The van der Waals surface area contributed by atoms with Crippen molar-refractivity contribution in [2.45, 2.75) is 31.1 Å². The van der Waals surface area contributed by atoms with Crippen LogP contribution in [0.3, 0.4) is 0 Å². The second-order valence-corrected chi connectivity index (χ2v) is 10.4. The van der Waals surface area contributed by atoms with Crippen molar-refractivity contribution >= 4 is 40.1 Å². The Morgan fingerprint density at radius 3 is 2.36 bits per heavy atom. The van der Waals surface area contributed by atoms with E-state index < -0.39 is 5.25 Å². The van der Waals surface area contributed by atoms with E-state index in [4.69, 9.17) is 14.6 Å². The Bertz CT molecular complexity index is 1430. The molecule has 8 nitrogen and oxygen atoms in total. The van der Waals surface area contributed by atoms with Gasteiger partial charge >= 0.3 is 0 Å².